The van der Waals surface area contributed by atoms with E-state index in [9.17, 15) is 33.1 Å². The lowest BCUT2D eigenvalue weighted by atomic mass is 10.2. The lowest BCUT2D eigenvalue weighted by Crippen LogP contribution is -2.33. The van der Waals surface area contributed by atoms with Gasteiger partial charge < -0.3 is 34.8 Å². The van der Waals surface area contributed by atoms with Crippen molar-refractivity contribution < 1.29 is 55.9 Å². The van der Waals surface area contributed by atoms with E-state index in [1.807, 2.05) is 25.8 Å². The first kappa shape index (κ1) is 33.4. The van der Waals surface area contributed by atoms with Crippen LogP contribution in [-0.4, -0.2) is 58.7 Å². The van der Waals surface area contributed by atoms with Crippen LogP contribution in [0, 0.1) is 11.8 Å². The molecule has 0 bridgehead atoms. The third kappa shape index (κ3) is 11.4. The Morgan fingerprint density at radius 2 is 1.84 bits per heavy atom. The standard InChI is InChI=1S/C16H26N3O14P3S2/c1-16(2,3)38-37-9-29-11-7-12(19-8-10(5-4-6-17)13(20)18-15(19)21)30-14(11)31-35(25,26)33-36(27,28)32-34(22,23)24/h8,11-12,14H,6-7,9,17H2,1-3H3,(H,25,26)(H,27,28)(H,18,20,21)(H2,22,23,24)/t11?,12-,14-/m1/s1. The summed E-state index contributed by atoms with van der Waals surface area (Å²) in [6.45, 7) is 5.78. The minimum atomic E-state index is -5.79. The molecule has 1 aliphatic heterocycles. The number of aromatic nitrogens is 2. The first-order valence-corrected chi connectivity index (χ1v) is 17.1. The lowest BCUT2D eigenvalue weighted by molar-refractivity contribution is -0.141. The van der Waals surface area contributed by atoms with Gasteiger partial charge in [0.15, 0.2) is 6.29 Å². The van der Waals surface area contributed by atoms with Crippen LogP contribution in [0.4, 0.5) is 0 Å². The summed E-state index contributed by atoms with van der Waals surface area (Å²) < 4.78 is 59.1. The van der Waals surface area contributed by atoms with Gasteiger partial charge >= 0.3 is 29.2 Å². The topological polar surface area (TPSA) is 259 Å². The van der Waals surface area contributed by atoms with Crippen molar-refractivity contribution in [3.05, 3.63) is 32.6 Å². The Bertz CT molecular complexity index is 1310. The number of hydrogen-bond donors (Lipinski definition) is 6. The van der Waals surface area contributed by atoms with Crippen molar-refractivity contribution in [2.75, 3.05) is 12.5 Å². The minimum absolute atomic E-state index is 0.00664. The number of H-pyrrole nitrogens is 1. The number of nitrogens with one attached hydrogen (secondary N) is 1. The van der Waals surface area contributed by atoms with Gasteiger partial charge in [0.25, 0.3) is 5.56 Å². The van der Waals surface area contributed by atoms with Crippen LogP contribution in [0.5, 0.6) is 0 Å². The Balaban J connectivity index is 2.29. The third-order valence-electron chi connectivity index (χ3n) is 3.92. The number of rotatable bonds is 11. The second kappa shape index (κ2) is 13.3. The molecule has 1 aromatic rings. The average molecular weight is 641 g/mol. The molecule has 0 aliphatic carbocycles. The van der Waals surface area contributed by atoms with E-state index in [1.165, 1.54) is 21.6 Å². The van der Waals surface area contributed by atoms with Gasteiger partial charge in [0.05, 0.1) is 6.54 Å². The van der Waals surface area contributed by atoms with E-state index in [-0.39, 0.29) is 29.2 Å². The number of phosphoric ester groups is 1. The van der Waals surface area contributed by atoms with Crippen molar-refractivity contribution in [3.8, 4) is 11.8 Å². The molecule has 0 saturated carbocycles. The molecule has 216 valence electrons. The highest BCUT2D eigenvalue weighted by Gasteiger charge is 2.47. The minimum Gasteiger partial charge on any atom is -0.361 e. The molecule has 0 spiro atoms. The molecule has 1 saturated heterocycles. The Hall–Kier alpha value is -0.770. The summed E-state index contributed by atoms with van der Waals surface area (Å²) >= 11 is 0. The predicted molar refractivity (Wildman–Crippen MR) is 135 cm³/mol. The molecule has 0 aromatic carbocycles. The Morgan fingerprint density at radius 1 is 1.18 bits per heavy atom. The van der Waals surface area contributed by atoms with E-state index in [0.29, 0.717) is 0 Å². The number of phosphoric acid groups is 3. The Kier molecular flexibility index (Phi) is 11.7. The monoisotopic (exact) mass is 641 g/mol. The van der Waals surface area contributed by atoms with Crippen molar-refractivity contribution in [1.29, 1.82) is 0 Å². The highest BCUT2D eigenvalue weighted by molar-refractivity contribution is 8.77. The number of ether oxygens (including phenoxy) is 2. The molecule has 2 rings (SSSR count). The van der Waals surface area contributed by atoms with Gasteiger partial charge in [-0.2, -0.15) is 8.62 Å². The van der Waals surface area contributed by atoms with E-state index < -0.39 is 53.3 Å². The molecule has 38 heavy (non-hydrogen) atoms. The molecule has 7 N–H and O–H groups in total. The van der Waals surface area contributed by atoms with Crippen LogP contribution in [0.3, 0.4) is 0 Å². The summed E-state index contributed by atoms with van der Waals surface area (Å²) in [7, 11) is -14.2. The van der Waals surface area contributed by atoms with Crippen molar-refractivity contribution in [2.45, 2.75) is 50.6 Å². The van der Waals surface area contributed by atoms with Gasteiger partial charge in [0.1, 0.15) is 23.8 Å². The summed E-state index contributed by atoms with van der Waals surface area (Å²) in [5.74, 6) is 4.95. The van der Waals surface area contributed by atoms with Gasteiger partial charge in [-0.3, -0.25) is 18.9 Å². The molecule has 22 heteroatoms. The predicted octanol–water partition coefficient (Wildman–Crippen LogP) is 0.958. The van der Waals surface area contributed by atoms with E-state index in [4.69, 9.17) is 29.5 Å². The van der Waals surface area contributed by atoms with Crippen LogP contribution in [0.2, 0.25) is 0 Å². The van der Waals surface area contributed by atoms with Gasteiger partial charge in [-0.15, -0.1) is 0 Å². The second-order valence-electron chi connectivity index (χ2n) is 8.24. The molecule has 1 aromatic heterocycles. The van der Waals surface area contributed by atoms with E-state index in [2.05, 4.69) is 20.5 Å². The molecule has 3 unspecified atom stereocenters. The smallest absolute Gasteiger partial charge is 0.361 e. The zero-order valence-corrected chi connectivity index (χ0v) is 24.3. The normalized spacial score (nSPS) is 23.3. The zero-order valence-electron chi connectivity index (χ0n) is 20.0. The molecule has 17 nitrogen and oxygen atoms in total. The number of nitrogens with two attached hydrogens (primary N) is 1. The maximum Gasteiger partial charge on any atom is 0.490 e. The maximum absolute atomic E-state index is 12.4. The lowest BCUT2D eigenvalue weighted by Gasteiger charge is -2.23. The molecule has 1 aliphatic rings. The summed E-state index contributed by atoms with van der Waals surface area (Å²) in [4.78, 5) is 63.2. The summed E-state index contributed by atoms with van der Waals surface area (Å²) in [6, 6.07) is 0. The molecule has 0 radical (unpaired) electrons. The molecule has 0 amide bonds. The van der Waals surface area contributed by atoms with Crippen LogP contribution in [-0.2, 0) is 36.3 Å². The fourth-order valence-electron chi connectivity index (χ4n) is 2.71. The number of nitrogens with zero attached hydrogens (tertiary/aromatic N) is 1. The number of hydrogen-bond acceptors (Lipinski definition) is 13. The van der Waals surface area contributed by atoms with Crippen LogP contribution in [0.15, 0.2) is 15.8 Å². The quantitative estimate of drug-likeness (QED) is 0.0646. The summed E-state index contributed by atoms with van der Waals surface area (Å²) in [5, 5.41) is 0. The van der Waals surface area contributed by atoms with Gasteiger partial charge in [0.2, 0.25) is 0 Å². The summed E-state index contributed by atoms with van der Waals surface area (Å²) in [6.07, 6.45) is -3.33. The van der Waals surface area contributed by atoms with Crippen molar-refractivity contribution in [3.63, 3.8) is 0 Å². The molecular formula is C16H26N3O14P3S2. The van der Waals surface area contributed by atoms with Gasteiger partial charge in [-0.25, -0.2) is 18.5 Å². The maximum atomic E-state index is 12.4. The van der Waals surface area contributed by atoms with Crippen LogP contribution >= 0.6 is 45.1 Å². The van der Waals surface area contributed by atoms with Crippen LogP contribution in [0.1, 0.15) is 39.0 Å². The van der Waals surface area contributed by atoms with Crippen molar-refractivity contribution in [1.82, 2.24) is 9.55 Å². The van der Waals surface area contributed by atoms with Crippen molar-refractivity contribution >= 4 is 45.1 Å². The van der Waals surface area contributed by atoms with E-state index in [0.717, 1.165) is 10.8 Å². The first-order chi connectivity index (χ1) is 17.3. The first-order valence-electron chi connectivity index (χ1n) is 10.3. The van der Waals surface area contributed by atoms with E-state index >= 15 is 0 Å². The fourth-order valence-corrected chi connectivity index (χ4v) is 7.82. The Labute approximate surface area is 223 Å². The molecule has 2 heterocycles. The average Bonchev–Trinajstić information content (AvgIpc) is 3.08. The van der Waals surface area contributed by atoms with Crippen LogP contribution in [0.25, 0.3) is 0 Å². The van der Waals surface area contributed by atoms with Gasteiger partial charge in [-0.1, -0.05) is 54.2 Å². The SMILES string of the molecule is CC(C)(C)SSCOC1C[C@H](n2cc(C#CCN)c(=O)[nH]c2=O)O[C@@H]1OP(=O)(O)OP(=O)(O)OP(=O)(O)O. The largest absolute Gasteiger partial charge is 0.490 e. The highest BCUT2D eigenvalue weighted by Crippen LogP contribution is 2.67. The highest BCUT2D eigenvalue weighted by atomic mass is 33.1. The Morgan fingerprint density at radius 3 is 2.42 bits per heavy atom. The van der Waals surface area contributed by atoms with E-state index in [1.54, 1.807) is 0 Å². The molecule has 1 fully saturated rings. The second-order valence-corrected chi connectivity index (χ2v) is 15.7. The third-order valence-corrected chi connectivity index (χ3v) is 10.7. The van der Waals surface area contributed by atoms with Gasteiger partial charge in [-0.05, 0) is 0 Å². The number of aromatic amines is 1. The summed E-state index contributed by atoms with van der Waals surface area (Å²) in [5.41, 5.74) is 3.46. The molecular weight excluding hydrogens is 615 g/mol. The fraction of sp³-hybridized carbons (Fsp3) is 0.625. The zero-order chi connectivity index (χ0) is 28.9. The van der Waals surface area contributed by atoms with Crippen molar-refractivity contribution in [2.24, 2.45) is 5.73 Å². The molecule has 5 atom stereocenters. The van der Waals surface area contributed by atoms with Crippen LogP contribution < -0.4 is 17.0 Å². The van der Waals surface area contributed by atoms with Gasteiger partial charge in [0, 0.05) is 17.4 Å².